The van der Waals surface area contributed by atoms with E-state index in [1.54, 1.807) is 6.20 Å². The topological polar surface area (TPSA) is 89.9 Å². The number of aromatic nitrogens is 3. The molecule has 2 fully saturated rings. The van der Waals surface area contributed by atoms with E-state index in [0.717, 1.165) is 30.5 Å². The summed E-state index contributed by atoms with van der Waals surface area (Å²) in [5.41, 5.74) is 2.50. The molecule has 1 atom stereocenters. The van der Waals surface area contributed by atoms with Crippen LogP contribution >= 0.6 is 0 Å². The van der Waals surface area contributed by atoms with Crippen molar-refractivity contribution in [3.05, 3.63) is 35.7 Å². The highest BCUT2D eigenvalue weighted by Gasteiger charge is 2.34. The van der Waals surface area contributed by atoms with Gasteiger partial charge in [-0.25, -0.2) is 19.3 Å². The Labute approximate surface area is 191 Å². The molecule has 0 N–H and O–H groups in total. The average molecular weight is 458 g/mol. The molecule has 9 nitrogen and oxygen atoms in total. The van der Waals surface area contributed by atoms with Gasteiger partial charge in [0.15, 0.2) is 5.82 Å². The molecule has 5 heterocycles. The van der Waals surface area contributed by atoms with E-state index in [-0.39, 0.29) is 23.8 Å². The fourth-order valence-electron chi connectivity index (χ4n) is 4.76. The van der Waals surface area contributed by atoms with Gasteiger partial charge >= 0.3 is 0 Å². The smallest absolute Gasteiger partial charge is 0.250 e. The van der Waals surface area contributed by atoms with E-state index >= 15 is 0 Å². The molecule has 0 radical (unpaired) electrons. The lowest BCUT2D eigenvalue weighted by Crippen LogP contribution is -2.38. The van der Waals surface area contributed by atoms with Crippen molar-refractivity contribution >= 4 is 11.6 Å². The second-order valence-electron chi connectivity index (χ2n) is 8.66. The molecule has 3 aliphatic rings. The Bertz CT molecular complexity index is 1020. The SMILES string of the molecule is COc1ncc(N2CCc3ncnc(OC4CCN(C(=O)C5CCOCC5)C4)c3C2)cc1F. The van der Waals surface area contributed by atoms with Crippen LogP contribution in [0.4, 0.5) is 10.1 Å². The van der Waals surface area contributed by atoms with E-state index in [1.165, 1.54) is 19.5 Å². The number of anilines is 1. The molecule has 2 aromatic rings. The molecule has 176 valence electrons. The number of hydrogen-bond acceptors (Lipinski definition) is 8. The highest BCUT2D eigenvalue weighted by Crippen LogP contribution is 2.31. The van der Waals surface area contributed by atoms with Gasteiger partial charge in [-0.3, -0.25) is 4.79 Å². The van der Waals surface area contributed by atoms with E-state index in [0.29, 0.717) is 57.4 Å². The molecule has 0 bridgehead atoms. The van der Waals surface area contributed by atoms with Gasteiger partial charge in [-0.05, 0) is 12.8 Å². The summed E-state index contributed by atoms with van der Waals surface area (Å²) in [6.07, 6.45) is 6.06. The van der Waals surface area contributed by atoms with Crippen LogP contribution in [0.15, 0.2) is 18.6 Å². The molecule has 2 saturated heterocycles. The van der Waals surface area contributed by atoms with Crippen LogP contribution in [0.25, 0.3) is 0 Å². The van der Waals surface area contributed by atoms with Gasteiger partial charge in [0.25, 0.3) is 0 Å². The summed E-state index contributed by atoms with van der Waals surface area (Å²) in [6, 6.07) is 1.43. The number of halogens is 1. The summed E-state index contributed by atoms with van der Waals surface area (Å²) in [7, 11) is 1.39. The summed E-state index contributed by atoms with van der Waals surface area (Å²) in [5, 5.41) is 0. The molecule has 0 aromatic carbocycles. The number of hydrogen-bond donors (Lipinski definition) is 0. The van der Waals surface area contributed by atoms with E-state index in [4.69, 9.17) is 14.2 Å². The van der Waals surface area contributed by atoms with Crippen LogP contribution in [0.5, 0.6) is 11.8 Å². The molecule has 0 aliphatic carbocycles. The zero-order valence-electron chi connectivity index (χ0n) is 18.7. The Balaban J connectivity index is 1.27. The summed E-state index contributed by atoms with van der Waals surface area (Å²) in [5.74, 6) is 0.272. The molecule has 0 spiro atoms. The van der Waals surface area contributed by atoms with Crippen molar-refractivity contribution in [3.8, 4) is 11.8 Å². The van der Waals surface area contributed by atoms with Crippen molar-refractivity contribution in [2.24, 2.45) is 5.92 Å². The fraction of sp³-hybridized carbons (Fsp3) is 0.565. The minimum atomic E-state index is -0.498. The van der Waals surface area contributed by atoms with E-state index in [1.807, 2.05) is 9.80 Å². The number of carbonyl (C=O) groups is 1. The molecule has 1 unspecified atom stereocenters. The lowest BCUT2D eigenvalue weighted by Gasteiger charge is -2.31. The molecule has 1 amide bonds. The molecular weight excluding hydrogens is 429 g/mol. The predicted molar refractivity (Wildman–Crippen MR) is 117 cm³/mol. The zero-order valence-corrected chi connectivity index (χ0v) is 18.7. The summed E-state index contributed by atoms with van der Waals surface area (Å²) in [4.78, 5) is 29.7. The van der Waals surface area contributed by atoms with E-state index in [2.05, 4.69) is 15.0 Å². The molecule has 2 aromatic heterocycles. The number of ether oxygens (including phenoxy) is 3. The summed E-state index contributed by atoms with van der Waals surface area (Å²) in [6.45, 7) is 3.75. The lowest BCUT2D eigenvalue weighted by molar-refractivity contribution is -0.137. The van der Waals surface area contributed by atoms with Crippen LogP contribution in [0, 0.1) is 11.7 Å². The molecule has 10 heteroatoms. The Morgan fingerprint density at radius 2 is 2.00 bits per heavy atom. The number of methoxy groups -OCH3 is 1. The third-order valence-corrected chi connectivity index (χ3v) is 6.62. The van der Waals surface area contributed by atoms with Crippen molar-refractivity contribution in [3.63, 3.8) is 0 Å². The van der Waals surface area contributed by atoms with Crippen LogP contribution in [0.1, 0.15) is 30.5 Å². The summed E-state index contributed by atoms with van der Waals surface area (Å²) >= 11 is 0. The monoisotopic (exact) mass is 457 g/mol. The van der Waals surface area contributed by atoms with Crippen molar-refractivity contribution in [1.29, 1.82) is 0 Å². The van der Waals surface area contributed by atoms with Crippen molar-refractivity contribution in [2.75, 3.05) is 44.9 Å². The molecule has 0 saturated carbocycles. The van der Waals surface area contributed by atoms with Crippen LogP contribution in [-0.4, -0.2) is 71.8 Å². The van der Waals surface area contributed by atoms with Crippen molar-refractivity contribution in [2.45, 2.75) is 38.3 Å². The lowest BCUT2D eigenvalue weighted by atomic mass is 9.99. The number of pyridine rings is 1. The van der Waals surface area contributed by atoms with Gasteiger partial charge in [0.1, 0.15) is 12.4 Å². The quantitative estimate of drug-likeness (QED) is 0.674. The summed E-state index contributed by atoms with van der Waals surface area (Å²) < 4.78 is 30.8. The maximum Gasteiger partial charge on any atom is 0.250 e. The third kappa shape index (κ3) is 4.57. The van der Waals surface area contributed by atoms with Crippen LogP contribution in [0.3, 0.4) is 0 Å². The van der Waals surface area contributed by atoms with Gasteiger partial charge < -0.3 is 24.0 Å². The first-order valence-corrected chi connectivity index (χ1v) is 11.4. The van der Waals surface area contributed by atoms with Gasteiger partial charge in [-0.2, -0.15) is 0 Å². The normalized spacial score (nSPS) is 21.1. The first-order valence-electron chi connectivity index (χ1n) is 11.4. The number of likely N-dealkylation sites (tertiary alicyclic amines) is 1. The zero-order chi connectivity index (χ0) is 22.8. The maximum absolute atomic E-state index is 14.2. The largest absolute Gasteiger partial charge is 0.479 e. The van der Waals surface area contributed by atoms with E-state index < -0.39 is 5.82 Å². The molecular formula is C23H28FN5O4. The highest BCUT2D eigenvalue weighted by molar-refractivity contribution is 5.79. The Hall–Kier alpha value is -3.01. The molecule has 33 heavy (non-hydrogen) atoms. The predicted octanol–water partition coefficient (Wildman–Crippen LogP) is 1.99. The van der Waals surface area contributed by atoms with Crippen LogP contribution in [-0.2, 0) is 22.5 Å². The standard InChI is InChI=1S/C23H28FN5O4/c1-31-22-19(24)10-16(11-25-22)28-7-3-20-18(13-28)21(27-14-26-20)33-17-2-6-29(12-17)23(30)15-4-8-32-9-5-15/h10-11,14-15,17H,2-9,12-13H2,1H3. The number of amides is 1. The minimum Gasteiger partial charge on any atom is -0.479 e. The number of fused-ring (bicyclic) bond motifs is 1. The Kier molecular flexibility index (Phi) is 6.26. The van der Waals surface area contributed by atoms with Crippen LogP contribution in [0.2, 0.25) is 0 Å². The molecule has 5 rings (SSSR count). The van der Waals surface area contributed by atoms with Crippen molar-refractivity contribution < 1.29 is 23.4 Å². The Morgan fingerprint density at radius 3 is 2.79 bits per heavy atom. The highest BCUT2D eigenvalue weighted by atomic mass is 19.1. The molecule has 3 aliphatic heterocycles. The van der Waals surface area contributed by atoms with Gasteiger partial charge in [0, 0.05) is 51.1 Å². The van der Waals surface area contributed by atoms with E-state index in [9.17, 15) is 9.18 Å². The van der Waals surface area contributed by atoms with Gasteiger partial charge in [0.2, 0.25) is 17.7 Å². The van der Waals surface area contributed by atoms with Gasteiger partial charge in [-0.1, -0.05) is 0 Å². The number of rotatable bonds is 5. The first-order chi connectivity index (χ1) is 16.1. The number of carbonyl (C=O) groups excluding carboxylic acids is 1. The van der Waals surface area contributed by atoms with Gasteiger partial charge in [0.05, 0.1) is 43.3 Å². The average Bonchev–Trinajstić information content (AvgIpc) is 3.32. The van der Waals surface area contributed by atoms with Crippen LogP contribution < -0.4 is 14.4 Å². The second kappa shape index (κ2) is 9.46. The first kappa shape index (κ1) is 21.8. The fourth-order valence-corrected chi connectivity index (χ4v) is 4.76. The Morgan fingerprint density at radius 1 is 1.15 bits per heavy atom. The second-order valence-corrected chi connectivity index (χ2v) is 8.66. The van der Waals surface area contributed by atoms with Gasteiger partial charge in [-0.15, -0.1) is 0 Å². The minimum absolute atomic E-state index is 0.0235. The third-order valence-electron chi connectivity index (χ3n) is 6.62. The maximum atomic E-state index is 14.2. The van der Waals surface area contributed by atoms with Crippen molar-refractivity contribution in [1.82, 2.24) is 19.9 Å². The number of nitrogens with zero attached hydrogens (tertiary/aromatic N) is 5.